The molecule has 12 heavy (non-hydrogen) atoms. The fourth-order valence-electron chi connectivity index (χ4n) is 1.19. The molecule has 1 heterocycles. The van der Waals surface area contributed by atoms with Crippen LogP contribution in [0, 0.1) is 11.3 Å². The number of aliphatic imine (C=N–C) groups is 1. The zero-order valence-corrected chi connectivity index (χ0v) is 7.87. The van der Waals surface area contributed by atoms with Crippen LogP contribution in [0.2, 0.25) is 0 Å². The zero-order valence-electron chi connectivity index (χ0n) is 7.87. The Labute approximate surface area is 73.3 Å². The maximum Gasteiger partial charge on any atom is 0.149 e. The van der Waals surface area contributed by atoms with Crippen LogP contribution in [0.4, 0.5) is 0 Å². The summed E-state index contributed by atoms with van der Waals surface area (Å²) < 4.78 is 5.52. The predicted octanol–water partition coefficient (Wildman–Crippen LogP) is 1.87. The van der Waals surface area contributed by atoms with Crippen LogP contribution in [0.3, 0.4) is 0 Å². The Morgan fingerprint density at radius 1 is 1.67 bits per heavy atom. The normalized spacial score (nSPS) is 29.8. The van der Waals surface area contributed by atoms with Gasteiger partial charge < -0.3 is 10.1 Å². The minimum absolute atomic E-state index is 0.0332. The van der Waals surface area contributed by atoms with Crippen molar-refractivity contribution in [2.45, 2.75) is 39.5 Å². The fraction of sp³-hybridized carbons (Fsp3) is 0.778. The Kier molecular flexibility index (Phi) is 2.98. The molecular weight excluding hydrogens is 152 g/mol. The van der Waals surface area contributed by atoms with Gasteiger partial charge in [0.1, 0.15) is 6.23 Å². The van der Waals surface area contributed by atoms with Gasteiger partial charge in [0.25, 0.3) is 0 Å². The van der Waals surface area contributed by atoms with Crippen LogP contribution >= 0.6 is 0 Å². The minimum atomic E-state index is -0.0332. The first-order chi connectivity index (χ1) is 5.59. The van der Waals surface area contributed by atoms with E-state index in [9.17, 15) is 0 Å². The van der Waals surface area contributed by atoms with Crippen LogP contribution in [-0.4, -0.2) is 24.3 Å². The molecule has 0 aromatic rings. The molecule has 0 radical (unpaired) electrons. The molecule has 0 saturated carbocycles. The van der Waals surface area contributed by atoms with Gasteiger partial charge >= 0.3 is 0 Å². The van der Waals surface area contributed by atoms with Crippen molar-refractivity contribution in [2.75, 3.05) is 0 Å². The van der Waals surface area contributed by atoms with Gasteiger partial charge in [-0.1, -0.05) is 6.92 Å². The van der Waals surface area contributed by atoms with Gasteiger partial charge in [-0.3, -0.25) is 4.99 Å². The maximum atomic E-state index is 7.46. The van der Waals surface area contributed by atoms with Crippen molar-refractivity contribution in [1.29, 1.82) is 5.41 Å². The maximum absolute atomic E-state index is 7.46. The SMILES string of the molecule is CC(C)OC1CC(C)C(=N)C=N1. The molecule has 2 unspecified atom stereocenters. The molecular formula is C9H16N2O. The molecule has 0 bridgehead atoms. The third kappa shape index (κ3) is 2.41. The largest absolute Gasteiger partial charge is 0.354 e. The molecule has 0 fully saturated rings. The highest BCUT2D eigenvalue weighted by atomic mass is 16.5. The van der Waals surface area contributed by atoms with Gasteiger partial charge in [0, 0.05) is 18.6 Å². The second kappa shape index (κ2) is 3.81. The summed E-state index contributed by atoms with van der Waals surface area (Å²) in [5, 5.41) is 7.46. The Morgan fingerprint density at radius 2 is 2.33 bits per heavy atom. The lowest BCUT2D eigenvalue weighted by Gasteiger charge is -2.23. The molecule has 1 N–H and O–H groups in total. The molecule has 0 amide bonds. The Bertz CT molecular complexity index is 199. The van der Waals surface area contributed by atoms with E-state index < -0.39 is 0 Å². The van der Waals surface area contributed by atoms with Gasteiger partial charge in [-0.15, -0.1) is 0 Å². The molecule has 0 aromatic carbocycles. The lowest BCUT2D eigenvalue weighted by molar-refractivity contribution is 0.00421. The molecule has 3 heteroatoms. The lowest BCUT2D eigenvalue weighted by Crippen LogP contribution is -2.27. The molecule has 0 aliphatic carbocycles. The average Bonchev–Trinajstić information content (AvgIpc) is 1.96. The molecule has 1 aliphatic heterocycles. The van der Waals surface area contributed by atoms with Crippen LogP contribution in [0.15, 0.2) is 4.99 Å². The lowest BCUT2D eigenvalue weighted by atomic mass is 9.99. The first-order valence-corrected chi connectivity index (χ1v) is 4.36. The molecule has 0 spiro atoms. The highest BCUT2D eigenvalue weighted by Crippen LogP contribution is 2.16. The first kappa shape index (κ1) is 9.39. The standard InChI is InChI=1S/C9H16N2O/c1-6(2)12-9-4-7(3)8(10)5-11-9/h5-7,9-10H,4H2,1-3H3. The topological polar surface area (TPSA) is 45.4 Å². The third-order valence-corrected chi connectivity index (χ3v) is 1.90. The Morgan fingerprint density at radius 3 is 2.83 bits per heavy atom. The van der Waals surface area contributed by atoms with E-state index in [4.69, 9.17) is 10.1 Å². The van der Waals surface area contributed by atoms with Crippen LogP contribution in [0.25, 0.3) is 0 Å². The van der Waals surface area contributed by atoms with Gasteiger partial charge in [0.05, 0.1) is 11.8 Å². The summed E-state index contributed by atoms with van der Waals surface area (Å²) >= 11 is 0. The monoisotopic (exact) mass is 168 g/mol. The third-order valence-electron chi connectivity index (χ3n) is 1.90. The highest BCUT2D eigenvalue weighted by molar-refractivity contribution is 6.30. The summed E-state index contributed by atoms with van der Waals surface area (Å²) in [5.41, 5.74) is 0.610. The highest BCUT2D eigenvalue weighted by Gasteiger charge is 2.20. The molecule has 3 nitrogen and oxygen atoms in total. The van der Waals surface area contributed by atoms with E-state index in [1.165, 1.54) is 0 Å². The van der Waals surface area contributed by atoms with E-state index >= 15 is 0 Å². The molecule has 1 rings (SSSR count). The van der Waals surface area contributed by atoms with Gasteiger partial charge in [0.2, 0.25) is 0 Å². The molecule has 2 atom stereocenters. The summed E-state index contributed by atoms with van der Waals surface area (Å²) in [6, 6.07) is 0. The second-order valence-electron chi connectivity index (χ2n) is 3.51. The quantitative estimate of drug-likeness (QED) is 0.672. The molecule has 0 saturated heterocycles. The van der Waals surface area contributed by atoms with E-state index in [1.807, 2.05) is 20.8 Å². The van der Waals surface area contributed by atoms with Crippen LogP contribution in [0.5, 0.6) is 0 Å². The van der Waals surface area contributed by atoms with Crippen molar-refractivity contribution >= 4 is 11.9 Å². The van der Waals surface area contributed by atoms with Crippen molar-refractivity contribution in [3.8, 4) is 0 Å². The number of nitrogens with one attached hydrogen (secondary N) is 1. The molecule has 0 aromatic heterocycles. The van der Waals surface area contributed by atoms with Gasteiger partial charge in [-0.2, -0.15) is 0 Å². The van der Waals surface area contributed by atoms with Crippen molar-refractivity contribution in [1.82, 2.24) is 0 Å². The van der Waals surface area contributed by atoms with Crippen molar-refractivity contribution in [2.24, 2.45) is 10.9 Å². The number of nitrogens with zero attached hydrogens (tertiary/aromatic N) is 1. The van der Waals surface area contributed by atoms with Crippen LogP contribution in [-0.2, 0) is 4.74 Å². The van der Waals surface area contributed by atoms with E-state index in [0.29, 0.717) is 5.71 Å². The van der Waals surface area contributed by atoms with E-state index in [2.05, 4.69) is 4.99 Å². The number of rotatable bonds is 2. The average molecular weight is 168 g/mol. The smallest absolute Gasteiger partial charge is 0.149 e. The van der Waals surface area contributed by atoms with Gasteiger partial charge in [0.15, 0.2) is 0 Å². The van der Waals surface area contributed by atoms with Crippen LogP contribution < -0.4 is 0 Å². The van der Waals surface area contributed by atoms with Crippen molar-refractivity contribution in [3.63, 3.8) is 0 Å². The number of hydrogen-bond donors (Lipinski definition) is 1. The summed E-state index contributed by atoms with van der Waals surface area (Å²) in [6.45, 7) is 6.03. The predicted molar refractivity (Wildman–Crippen MR) is 50.0 cm³/mol. The second-order valence-corrected chi connectivity index (χ2v) is 3.51. The molecule has 1 aliphatic rings. The Hall–Kier alpha value is -0.700. The summed E-state index contributed by atoms with van der Waals surface area (Å²) in [4.78, 5) is 4.13. The van der Waals surface area contributed by atoms with E-state index in [-0.39, 0.29) is 18.2 Å². The van der Waals surface area contributed by atoms with E-state index in [0.717, 1.165) is 6.42 Å². The molecule has 68 valence electrons. The zero-order chi connectivity index (χ0) is 9.14. The first-order valence-electron chi connectivity index (χ1n) is 4.36. The number of hydrogen-bond acceptors (Lipinski definition) is 3. The van der Waals surface area contributed by atoms with Crippen LogP contribution in [0.1, 0.15) is 27.2 Å². The minimum Gasteiger partial charge on any atom is -0.354 e. The van der Waals surface area contributed by atoms with Crippen molar-refractivity contribution in [3.05, 3.63) is 0 Å². The number of ether oxygens (including phenoxy) is 1. The fourth-order valence-corrected chi connectivity index (χ4v) is 1.19. The van der Waals surface area contributed by atoms with E-state index in [1.54, 1.807) is 6.21 Å². The summed E-state index contributed by atoms with van der Waals surface area (Å²) in [6.07, 6.45) is 2.63. The summed E-state index contributed by atoms with van der Waals surface area (Å²) in [5.74, 6) is 0.284. The van der Waals surface area contributed by atoms with Crippen molar-refractivity contribution < 1.29 is 4.74 Å². The van der Waals surface area contributed by atoms with Gasteiger partial charge in [-0.05, 0) is 13.8 Å². The Balaban J connectivity index is 2.49. The van der Waals surface area contributed by atoms with Gasteiger partial charge in [-0.25, -0.2) is 0 Å². The summed E-state index contributed by atoms with van der Waals surface area (Å²) in [7, 11) is 0.